The van der Waals surface area contributed by atoms with Gasteiger partial charge in [-0.05, 0) is 37.8 Å². The number of amidine groups is 1. The SMILES string of the molecule is CC1CN(C2=NC(=O)/C(=C/c3ccccc3F)S2)CC(C)O1. The van der Waals surface area contributed by atoms with Crippen LogP contribution in [0.2, 0.25) is 0 Å². The number of carbonyl (C=O) groups excluding carboxylic acids is 1. The van der Waals surface area contributed by atoms with Crippen LogP contribution in [0.25, 0.3) is 6.08 Å². The highest BCUT2D eigenvalue weighted by Crippen LogP contribution is 2.31. The molecule has 0 N–H and O–H groups in total. The number of ether oxygens (including phenoxy) is 1. The molecule has 1 fully saturated rings. The van der Waals surface area contributed by atoms with Crippen molar-refractivity contribution in [2.45, 2.75) is 26.1 Å². The highest BCUT2D eigenvalue weighted by Gasteiger charge is 2.31. The largest absolute Gasteiger partial charge is 0.372 e. The molecule has 0 aromatic heterocycles. The van der Waals surface area contributed by atoms with Crippen LogP contribution >= 0.6 is 11.8 Å². The lowest BCUT2D eigenvalue weighted by Crippen LogP contribution is -2.47. The van der Waals surface area contributed by atoms with Crippen molar-refractivity contribution in [3.05, 3.63) is 40.6 Å². The molecule has 1 aromatic carbocycles. The maximum atomic E-state index is 13.7. The van der Waals surface area contributed by atoms with Gasteiger partial charge in [0.1, 0.15) is 5.82 Å². The number of nitrogens with zero attached hydrogens (tertiary/aromatic N) is 2. The highest BCUT2D eigenvalue weighted by molar-refractivity contribution is 8.18. The van der Waals surface area contributed by atoms with Gasteiger partial charge in [0, 0.05) is 18.7 Å². The van der Waals surface area contributed by atoms with E-state index in [1.807, 2.05) is 13.8 Å². The molecule has 22 heavy (non-hydrogen) atoms. The van der Waals surface area contributed by atoms with Crippen molar-refractivity contribution < 1.29 is 13.9 Å². The lowest BCUT2D eigenvalue weighted by molar-refractivity contribution is -0.113. The number of morpholine rings is 1. The molecule has 1 amide bonds. The zero-order chi connectivity index (χ0) is 15.7. The Kier molecular flexibility index (Phi) is 4.31. The number of carbonyl (C=O) groups is 1. The molecule has 6 heteroatoms. The van der Waals surface area contributed by atoms with Gasteiger partial charge in [0.05, 0.1) is 17.1 Å². The van der Waals surface area contributed by atoms with Crippen LogP contribution in [0.5, 0.6) is 0 Å². The van der Waals surface area contributed by atoms with Gasteiger partial charge in [-0.25, -0.2) is 4.39 Å². The van der Waals surface area contributed by atoms with Gasteiger partial charge in [0.2, 0.25) is 0 Å². The van der Waals surface area contributed by atoms with E-state index < -0.39 is 0 Å². The van der Waals surface area contributed by atoms with Gasteiger partial charge in [0.25, 0.3) is 5.91 Å². The lowest BCUT2D eigenvalue weighted by Gasteiger charge is -2.35. The van der Waals surface area contributed by atoms with Crippen LogP contribution in [-0.4, -0.2) is 41.3 Å². The molecule has 2 aliphatic heterocycles. The first-order chi connectivity index (χ1) is 10.5. The maximum absolute atomic E-state index is 13.7. The van der Waals surface area contributed by atoms with Crippen LogP contribution in [-0.2, 0) is 9.53 Å². The minimum atomic E-state index is -0.342. The Hall–Kier alpha value is -1.66. The zero-order valence-corrected chi connectivity index (χ0v) is 13.3. The quantitative estimate of drug-likeness (QED) is 0.746. The van der Waals surface area contributed by atoms with Gasteiger partial charge in [0.15, 0.2) is 5.17 Å². The first-order valence-corrected chi connectivity index (χ1v) is 8.02. The number of amides is 1. The number of rotatable bonds is 1. The smallest absolute Gasteiger partial charge is 0.286 e. The second-order valence-corrected chi connectivity index (χ2v) is 6.50. The number of aliphatic imine (C=N–C) groups is 1. The summed E-state index contributed by atoms with van der Waals surface area (Å²) in [5.41, 5.74) is 0.401. The molecule has 1 saturated heterocycles. The third-order valence-electron chi connectivity index (χ3n) is 3.49. The molecular formula is C16H17FN2O2S. The minimum absolute atomic E-state index is 0.0988. The Morgan fingerprint density at radius 3 is 2.68 bits per heavy atom. The number of hydrogen-bond acceptors (Lipinski definition) is 4. The van der Waals surface area contributed by atoms with Gasteiger partial charge < -0.3 is 9.64 Å². The molecular weight excluding hydrogens is 303 g/mol. The topological polar surface area (TPSA) is 41.9 Å². The Morgan fingerprint density at radius 1 is 1.32 bits per heavy atom. The van der Waals surface area contributed by atoms with Crippen LogP contribution in [0.15, 0.2) is 34.2 Å². The molecule has 2 aliphatic rings. The Bertz CT molecular complexity index is 649. The predicted octanol–water partition coefficient (Wildman–Crippen LogP) is 2.91. The van der Waals surface area contributed by atoms with Crippen LogP contribution in [0.1, 0.15) is 19.4 Å². The summed E-state index contributed by atoms with van der Waals surface area (Å²) >= 11 is 1.30. The van der Waals surface area contributed by atoms with Crippen molar-refractivity contribution in [3.63, 3.8) is 0 Å². The third kappa shape index (κ3) is 3.23. The second kappa shape index (κ2) is 6.22. The number of hydrogen-bond donors (Lipinski definition) is 0. The summed E-state index contributed by atoms with van der Waals surface area (Å²) < 4.78 is 19.4. The Morgan fingerprint density at radius 2 is 2.00 bits per heavy atom. The van der Waals surface area contributed by atoms with Crippen molar-refractivity contribution in [1.82, 2.24) is 4.90 Å². The fourth-order valence-electron chi connectivity index (χ4n) is 2.60. The molecule has 1 aromatic rings. The van der Waals surface area contributed by atoms with Gasteiger partial charge in [-0.2, -0.15) is 4.99 Å². The molecule has 0 radical (unpaired) electrons. The molecule has 4 nitrogen and oxygen atoms in total. The number of halogens is 1. The predicted molar refractivity (Wildman–Crippen MR) is 86.0 cm³/mol. The minimum Gasteiger partial charge on any atom is -0.372 e. The molecule has 0 spiro atoms. The summed E-state index contributed by atoms with van der Waals surface area (Å²) in [6.45, 7) is 5.41. The normalized spacial score (nSPS) is 27.4. The van der Waals surface area contributed by atoms with Gasteiger partial charge in [-0.3, -0.25) is 4.79 Å². The average Bonchev–Trinajstić information content (AvgIpc) is 2.82. The van der Waals surface area contributed by atoms with Crippen molar-refractivity contribution in [3.8, 4) is 0 Å². The molecule has 3 rings (SSSR count). The molecule has 0 saturated carbocycles. The van der Waals surface area contributed by atoms with E-state index >= 15 is 0 Å². The first kappa shape index (κ1) is 15.2. The van der Waals surface area contributed by atoms with Gasteiger partial charge in [-0.15, -0.1) is 0 Å². The summed E-state index contributed by atoms with van der Waals surface area (Å²) in [5, 5.41) is 0.676. The second-order valence-electron chi connectivity index (χ2n) is 5.49. The highest BCUT2D eigenvalue weighted by atomic mass is 32.2. The molecule has 2 heterocycles. The number of benzene rings is 1. The van der Waals surface area contributed by atoms with Crippen molar-refractivity contribution in [2.24, 2.45) is 4.99 Å². The molecule has 0 aliphatic carbocycles. The van der Waals surface area contributed by atoms with Crippen molar-refractivity contribution in [1.29, 1.82) is 0 Å². The van der Waals surface area contributed by atoms with Crippen molar-refractivity contribution >= 4 is 28.9 Å². The van der Waals surface area contributed by atoms with E-state index in [1.165, 1.54) is 17.8 Å². The first-order valence-electron chi connectivity index (χ1n) is 7.20. The number of thioether (sulfide) groups is 1. The van der Waals surface area contributed by atoms with E-state index in [-0.39, 0.29) is 23.9 Å². The summed E-state index contributed by atoms with van der Waals surface area (Å²) in [6, 6.07) is 6.39. The van der Waals surface area contributed by atoms with Gasteiger partial charge >= 0.3 is 0 Å². The van der Waals surface area contributed by atoms with E-state index in [2.05, 4.69) is 9.89 Å². The Labute approximate surface area is 133 Å². The van der Waals surface area contributed by atoms with E-state index in [0.717, 1.165) is 0 Å². The fraction of sp³-hybridized carbons (Fsp3) is 0.375. The Balaban J connectivity index is 1.78. The summed E-state index contributed by atoms with van der Waals surface area (Å²) in [7, 11) is 0. The monoisotopic (exact) mass is 320 g/mol. The van der Waals surface area contributed by atoms with E-state index in [0.29, 0.717) is 28.7 Å². The maximum Gasteiger partial charge on any atom is 0.286 e. The molecule has 116 valence electrons. The third-order valence-corrected chi connectivity index (χ3v) is 4.54. The van der Waals surface area contributed by atoms with Crippen LogP contribution in [0.4, 0.5) is 4.39 Å². The summed E-state index contributed by atoms with van der Waals surface area (Å²) in [5.74, 6) is -0.652. The molecule has 2 atom stereocenters. The van der Waals surface area contributed by atoms with E-state index in [4.69, 9.17) is 4.74 Å². The zero-order valence-electron chi connectivity index (χ0n) is 12.5. The van der Waals surface area contributed by atoms with Gasteiger partial charge in [-0.1, -0.05) is 18.2 Å². The van der Waals surface area contributed by atoms with Crippen LogP contribution < -0.4 is 0 Å². The summed E-state index contributed by atoms with van der Waals surface area (Å²) in [6.07, 6.45) is 1.76. The van der Waals surface area contributed by atoms with E-state index in [1.54, 1.807) is 24.3 Å². The van der Waals surface area contributed by atoms with Crippen molar-refractivity contribution in [2.75, 3.05) is 13.1 Å². The summed E-state index contributed by atoms with van der Waals surface area (Å²) in [4.78, 5) is 18.7. The fourth-order valence-corrected chi connectivity index (χ4v) is 3.52. The molecule has 0 bridgehead atoms. The average molecular weight is 320 g/mol. The molecule has 2 unspecified atom stereocenters. The standard InChI is InChI=1S/C16H17FN2O2S/c1-10-8-19(9-11(2)21-10)16-18-15(20)14(22-16)7-12-5-3-4-6-13(12)17/h3-7,10-11H,8-9H2,1-2H3/b14-7-. The lowest BCUT2D eigenvalue weighted by atomic mass is 10.2. The van der Waals surface area contributed by atoms with E-state index in [9.17, 15) is 9.18 Å². The van der Waals surface area contributed by atoms with Crippen LogP contribution in [0, 0.1) is 5.82 Å². The van der Waals surface area contributed by atoms with Crippen LogP contribution in [0.3, 0.4) is 0 Å².